The molecular formula is C25H28N2O5S. The molecule has 2 aromatic carbocycles. The van der Waals surface area contributed by atoms with Gasteiger partial charge in [0, 0.05) is 12.5 Å². The van der Waals surface area contributed by atoms with Crippen LogP contribution in [-0.4, -0.2) is 65.2 Å². The first kappa shape index (κ1) is 23.2. The second kappa shape index (κ2) is 10.3. The molecule has 1 saturated heterocycles. The third-order valence-corrected chi connectivity index (χ3v) is 7.01. The minimum Gasteiger partial charge on any atom is -0.480 e. The maximum absolute atomic E-state index is 13.1. The van der Waals surface area contributed by atoms with Gasteiger partial charge in [-0.2, -0.15) is 11.8 Å². The Hall–Kier alpha value is -3.00. The molecule has 1 aliphatic heterocycles. The number of ether oxygens (including phenoxy) is 1. The second-order valence-electron chi connectivity index (χ2n) is 8.33. The lowest BCUT2D eigenvalue weighted by Gasteiger charge is -2.27. The highest BCUT2D eigenvalue weighted by Gasteiger charge is 2.38. The van der Waals surface area contributed by atoms with Gasteiger partial charge in [-0.25, -0.2) is 9.59 Å². The van der Waals surface area contributed by atoms with Crippen LogP contribution in [0.4, 0.5) is 4.79 Å². The zero-order chi connectivity index (χ0) is 23.4. The Bertz CT molecular complexity index is 997. The van der Waals surface area contributed by atoms with Crippen LogP contribution in [0.15, 0.2) is 48.5 Å². The lowest BCUT2D eigenvalue weighted by Crippen LogP contribution is -2.52. The maximum atomic E-state index is 13.1. The molecule has 33 heavy (non-hydrogen) atoms. The first-order chi connectivity index (χ1) is 16.0. The number of aliphatic carboxylic acids is 1. The molecule has 8 heteroatoms. The van der Waals surface area contributed by atoms with E-state index in [9.17, 15) is 19.5 Å². The van der Waals surface area contributed by atoms with Crippen LogP contribution < -0.4 is 5.32 Å². The molecule has 0 bridgehead atoms. The van der Waals surface area contributed by atoms with E-state index in [2.05, 4.69) is 17.4 Å². The summed E-state index contributed by atoms with van der Waals surface area (Å²) in [6.07, 6.45) is 2.74. The lowest BCUT2D eigenvalue weighted by molar-refractivity contribution is -0.149. The summed E-state index contributed by atoms with van der Waals surface area (Å²) in [7, 11) is 0. The predicted octanol–water partition coefficient (Wildman–Crippen LogP) is 3.72. The molecule has 2 atom stereocenters. The van der Waals surface area contributed by atoms with E-state index in [-0.39, 0.29) is 18.4 Å². The molecule has 1 fully saturated rings. The van der Waals surface area contributed by atoms with Crippen LogP contribution in [0.3, 0.4) is 0 Å². The summed E-state index contributed by atoms with van der Waals surface area (Å²) in [5.74, 6) is -0.780. The van der Waals surface area contributed by atoms with Crippen molar-refractivity contribution in [1.29, 1.82) is 0 Å². The Morgan fingerprint density at radius 1 is 1.12 bits per heavy atom. The summed E-state index contributed by atoms with van der Waals surface area (Å²) in [5, 5.41) is 12.1. The molecule has 2 amide bonds. The Kier molecular flexibility index (Phi) is 7.23. The Labute approximate surface area is 197 Å². The van der Waals surface area contributed by atoms with E-state index in [1.807, 2.05) is 42.7 Å². The number of carboxylic acids is 1. The third-order valence-electron chi connectivity index (χ3n) is 6.37. The number of carbonyl (C=O) groups is 3. The molecule has 0 aromatic heterocycles. The number of nitrogens with zero attached hydrogens (tertiary/aromatic N) is 1. The summed E-state index contributed by atoms with van der Waals surface area (Å²) >= 11 is 1.56. The van der Waals surface area contributed by atoms with Gasteiger partial charge in [-0.15, -0.1) is 0 Å². The van der Waals surface area contributed by atoms with Crippen LogP contribution in [0.2, 0.25) is 0 Å². The maximum Gasteiger partial charge on any atom is 0.407 e. The van der Waals surface area contributed by atoms with Crippen LogP contribution >= 0.6 is 11.8 Å². The summed E-state index contributed by atoms with van der Waals surface area (Å²) in [6.45, 7) is 0.544. The van der Waals surface area contributed by atoms with E-state index in [4.69, 9.17) is 4.74 Å². The highest BCUT2D eigenvalue weighted by Crippen LogP contribution is 2.44. The standard InChI is InChI=1S/C25H28N2O5S/c1-33-14-12-21(23(28)27-13-6-11-22(27)24(29)30)26-25(31)32-15-20-18-9-4-2-7-16(18)17-8-3-5-10-19(17)20/h2-5,7-10,20-22H,6,11-15H2,1H3,(H,26,31)(H,29,30)/t21-,22-/m0/s1. The van der Waals surface area contributed by atoms with Gasteiger partial charge in [-0.3, -0.25) is 4.79 Å². The first-order valence-corrected chi connectivity index (χ1v) is 12.5. The number of carbonyl (C=O) groups excluding carboxylic acids is 2. The number of nitrogens with one attached hydrogen (secondary N) is 1. The second-order valence-corrected chi connectivity index (χ2v) is 9.32. The summed E-state index contributed by atoms with van der Waals surface area (Å²) in [4.78, 5) is 38.7. The molecule has 1 heterocycles. The average Bonchev–Trinajstić information content (AvgIpc) is 3.43. The fraction of sp³-hybridized carbons (Fsp3) is 0.400. The van der Waals surface area contributed by atoms with Crippen molar-refractivity contribution in [2.45, 2.75) is 37.3 Å². The van der Waals surface area contributed by atoms with Crippen molar-refractivity contribution in [2.75, 3.05) is 25.2 Å². The van der Waals surface area contributed by atoms with Crippen molar-refractivity contribution >= 4 is 29.7 Å². The fourth-order valence-electron chi connectivity index (χ4n) is 4.76. The van der Waals surface area contributed by atoms with Crippen LogP contribution in [-0.2, 0) is 14.3 Å². The number of likely N-dealkylation sites (tertiary alicyclic amines) is 1. The molecule has 4 rings (SSSR count). The average molecular weight is 469 g/mol. The van der Waals surface area contributed by atoms with Crippen molar-refractivity contribution in [1.82, 2.24) is 10.2 Å². The van der Waals surface area contributed by atoms with Crippen molar-refractivity contribution in [3.63, 3.8) is 0 Å². The number of thioether (sulfide) groups is 1. The number of fused-ring (bicyclic) bond motifs is 3. The number of amides is 2. The van der Waals surface area contributed by atoms with Gasteiger partial charge in [-0.05, 0) is 53.5 Å². The molecule has 0 radical (unpaired) electrons. The van der Waals surface area contributed by atoms with E-state index in [1.54, 1.807) is 11.8 Å². The van der Waals surface area contributed by atoms with Crippen molar-refractivity contribution in [2.24, 2.45) is 0 Å². The van der Waals surface area contributed by atoms with Crippen LogP contribution in [0.25, 0.3) is 11.1 Å². The molecule has 1 aliphatic carbocycles. The monoisotopic (exact) mass is 468 g/mol. The Morgan fingerprint density at radius 3 is 2.36 bits per heavy atom. The Morgan fingerprint density at radius 2 is 1.76 bits per heavy atom. The number of benzene rings is 2. The number of carboxylic acid groups (broad SMARTS) is 1. The summed E-state index contributed by atoms with van der Waals surface area (Å²) < 4.78 is 5.59. The van der Waals surface area contributed by atoms with E-state index in [0.717, 1.165) is 22.3 Å². The smallest absolute Gasteiger partial charge is 0.407 e. The molecule has 0 spiro atoms. The highest BCUT2D eigenvalue weighted by molar-refractivity contribution is 7.98. The lowest BCUT2D eigenvalue weighted by atomic mass is 9.98. The van der Waals surface area contributed by atoms with Gasteiger partial charge in [0.15, 0.2) is 0 Å². The van der Waals surface area contributed by atoms with E-state index >= 15 is 0 Å². The first-order valence-electron chi connectivity index (χ1n) is 11.1. The van der Waals surface area contributed by atoms with Gasteiger partial charge < -0.3 is 20.1 Å². The number of rotatable bonds is 8. The van der Waals surface area contributed by atoms with Crippen LogP contribution in [0, 0.1) is 0 Å². The fourth-order valence-corrected chi connectivity index (χ4v) is 5.23. The zero-order valence-corrected chi connectivity index (χ0v) is 19.3. The zero-order valence-electron chi connectivity index (χ0n) is 18.5. The molecule has 7 nitrogen and oxygen atoms in total. The number of hydrogen-bond donors (Lipinski definition) is 2. The molecule has 2 N–H and O–H groups in total. The van der Waals surface area contributed by atoms with E-state index < -0.39 is 24.1 Å². The van der Waals surface area contributed by atoms with Gasteiger partial charge >= 0.3 is 12.1 Å². The van der Waals surface area contributed by atoms with Gasteiger partial charge in [0.05, 0.1) is 0 Å². The minimum absolute atomic E-state index is 0.0709. The predicted molar refractivity (Wildman–Crippen MR) is 127 cm³/mol. The Balaban J connectivity index is 1.43. The van der Waals surface area contributed by atoms with Gasteiger partial charge in [0.2, 0.25) is 5.91 Å². The summed E-state index contributed by atoms with van der Waals surface area (Å²) in [6, 6.07) is 14.5. The molecule has 2 aliphatic rings. The number of hydrogen-bond acceptors (Lipinski definition) is 5. The van der Waals surface area contributed by atoms with Crippen molar-refractivity contribution in [3.05, 3.63) is 59.7 Å². The van der Waals surface area contributed by atoms with Crippen LogP contribution in [0.5, 0.6) is 0 Å². The van der Waals surface area contributed by atoms with Gasteiger partial charge in [0.1, 0.15) is 18.7 Å². The largest absolute Gasteiger partial charge is 0.480 e. The van der Waals surface area contributed by atoms with Crippen LogP contribution in [0.1, 0.15) is 36.3 Å². The quantitative estimate of drug-likeness (QED) is 0.613. The summed E-state index contributed by atoms with van der Waals surface area (Å²) in [5.41, 5.74) is 4.51. The normalized spacial score (nSPS) is 17.8. The van der Waals surface area contributed by atoms with Gasteiger partial charge in [-0.1, -0.05) is 48.5 Å². The SMILES string of the molecule is CSCC[C@H](NC(=O)OCC1c2ccccc2-c2ccccc21)C(=O)N1CCC[C@H]1C(=O)O. The van der Waals surface area contributed by atoms with Crippen molar-refractivity contribution in [3.8, 4) is 11.1 Å². The molecular weight excluding hydrogens is 440 g/mol. The number of alkyl carbamates (subject to hydrolysis) is 1. The highest BCUT2D eigenvalue weighted by atomic mass is 32.2. The molecule has 2 aromatic rings. The molecule has 174 valence electrons. The molecule has 0 saturated carbocycles. The minimum atomic E-state index is -1.01. The van der Waals surface area contributed by atoms with E-state index in [0.29, 0.717) is 31.6 Å². The third kappa shape index (κ3) is 4.85. The van der Waals surface area contributed by atoms with Gasteiger partial charge in [0.25, 0.3) is 0 Å². The molecule has 0 unspecified atom stereocenters. The van der Waals surface area contributed by atoms with Crippen molar-refractivity contribution < 1.29 is 24.2 Å². The topological polar surface area (TPSA) is 95.9 Å². The van der Waals surface area contributed by atoms with E-state index in [1.165, 1.54) is 4.90 Å².